The van der Waals surface area contributed by atoms with E-state index in [-0.39, 0.29) is 0 Å². The lowest BCUT2D eigenvalue weighted by Crippen LogP contribution is -2.37. The lowest BCUT2D eigenvalue weighted by atomic mass is 10.0. The van der Waals surface area contributed by atoms with Crippen LogP contribution < -0.4 is 5.32 Å². The van der Waals surface area contributed by atoms with Crippen LogP contribution in [0.1, 0.15) is 31.2 Å². The Morgan fingerprint density at radius 2 is 2.11 bits per heavy atom. The third-order valence-corrected chi connectivity index (χ3v) is 3.69. The molecule has 106 valence electrons. The molecular weight excluding hydrogens is 236 g/mol. The highest BCUT2D eigenvalue weighted by Crippen LogP contribution is 2.10. The molecule has 1 fully saturated rings. The van der Waals surface area contributed by atoms with Gasteiger partial charge >= 0.3 is 0 Å². The molecule has 0 aliphatic carbocycles. The van der Waals surface area contributed by atoms with Gasteiger partial charge < -0.3 is 10.1 Å². The predicted molar refractivity (Wildman–Crippen MR) is 79.0 cm³/mol. The smallest absolute Gasteiger partial charge is 0.0992 e. The van der Waals surface area contributed by atoms with Crippen molar-refractivity contribution in [2.24, 2.45) is 0 Å². The molecule has 1 aliphatic rings. The van der Waals surface area contributed by atoms with E-state index in [4.69, 9.17) is 4.74 Å². The van der Waals surface area contributed by atoms with Gasteiger partial charge in [-0.3, -0.25) is 4.90 Å². The van der Waals surface area contributed by atoms with E-state index in [1.54, 1.807) is 0 Å². The summed E-state index contributed by atoms with van der Waals surface area (Å²) in [5, 5.41) is 3.59. The van der Waals surface area contributed by atoms with Gasteiger partial charge in [0.2, 0.25) is 0 Å². The second kappa shape index (κ2) is 8.31. The molecule has 0 spiro atoms. The Labute approximate surface area is 116 Å². The first-order valence-corrected chi connectivity index (χ1v) is 7.38. The number of hydrogen-bond donors (Lipinski definition) is 1. The van der Waals surface area contributed by atoms with Gasteiger partial charge in [0, 0.05) is 12.6 Å². The van der Waals surface area contributed by atoms with Crippen molar-refractivity contribution in [1.29, 1.82) is 0 Å². The van der Waals surface area contributed by atoms with Crippen LogP contribution in [0.4, 0.5) is 0 Å². The Balaban J connectivity index is 1.55. The van der Waals surface area contributed by atoms with Crippen molar-refractivity contribution in [3.8, 4) is 0 Å². The van der Waals surface area contributed by atoms with Gasteiger partial charge in [-0.2, -0.15) is 0 Å². The average molecular weight is 262 g/mol. The van der Waals surface area contributed by atoms with Crippen molar-refractivity contribution in [1.82, 2.24) is 10.2 Å². The number of hydrogen-bond acceptors (Lipinski definition) is 3. The molecule has 0 aromatic heterocycles. The van der Waals surface area contributed by atoms with Gasteiger partial charge in [-0.1, -0.05) is 36.8 Å². The Kier molecular flexibility index (Phi) is 6.34. The maximum absolute atomic E-state index is 5.73. The molecule has 3 nitrogen and oxygen atoms in total. The third-order valence-electron chi connectivity index (χ3n) is 3.69. The van der Waals surface area contributed by atoms with E-state index < -0.39 is 0 Å². The summed E-state index contributed by atoms with van der Waals surface area (Å²) >= 11 is 0. The minimum atomic E-state index is 0.701. The first-order chi connectivity index (χ1) is 9.34. The maximum atomic E-state index is 5.73. The molecule has 0 bridgehead atoms. The molecule has 1 unspecified atom stereocenters. The quantitative estimate of drug-likeness (QED) is 0.765. The number of piperidine rings is 1. The van der Waals surface area contributed by atoms with Crippen molar-refractivity contribution in [3.63, 3.8) is 0 Å². The van der Waals surface area contributed by atoms with Crippen molar-refractivity contribution in [2.75, 3.05) is 26.9 Å². The minimum absolute atomic E-state index is 0.701. The van der Waals surface area contributed by atoms with E-state index in [0.29, 0.717) is 19.4 Å². The summed E-state index contributed by atoms with van der Waals surface area (Å²) in [5.74, 6) is 0. The van der Waals surface area contributed by atoms with Crippen LogP contribution in [0.2, 0.25) is 0 Å². The van der Waals surface area contributed by atoms with Gasteiger partial charge in [-0.25, -0.2) is 0 Å². The van der Waals surface area contributed by atoms with Crippen molar-refractivity contribution < 1.29 is 4.74 Å². The van der Waals surface area contributed by atoms with Crippen LogP contribution in [0.5, 0.6) is 0 Å². The summed E-state index contributed by atoms with van der Waals surface area (Å²) in [7, 11) is 2.13. The molecule has 1 aromatic rings. The van der Waals surface area contributed by atoms with Crippen LogP contribution in [0, 0.1) is 0 Å². The molecule has 0 amide bonds. The highest BCUT2D eigenvalue weighted by molar-refractivity contribution is 5.13. The van der Waals surface area contributed by atoms with E-state index in [2.05, 4.69) is 41.5 Å². The predicted octanol–water partition coefficient (Wildman–Crippen LogP) is 2.62. The fourth-order valence-corrected chi connectivity index (χ4v) is 2.50. The van der Waals surface area contributed by atoms with Gasteiger partial charge in [0.05, 0.1) is 13.3 Å². The van der Waals surface area contributed by atoms with E-state index in [9.17, 15) is 0 Å². The first kappa shape index (κ1) is 14.5. The van der Waals surface area contributed by atoms with Crippen LogP contribution in [-0.2, 0) is 11.3 Å². The van der Waals surface area contributed by atoms with E-state index in [1.165, 1.54) is 37.8 Å². The molecule has 1 heterocycles. The minimum Gasteiger partial charge on any atom is -0.361 e. The Bertz CT molecular complexity index is 336. The number of ether oxygens (including phenoxy) is 1. The van der Waals surface area contributed by atoms with E-state index >= 15 is 0 Å². The summed E-state index contributed by atoms with van der Waals surface area (Å²) in [5.41, 5.74) is 1.24. The second-order valence-electron chi connectivity index (χ2n) is 5.48. The second-order valence-corrected chi connectivity index (χ2v) is 5.48. The Hall–Kier alpha value is -0.900. The summed E-state index contributed by atoms with van der Waals surface area (Å²) in [6, 6.07) is 11.1. The average Bonchev–Trinajstić information content (AvgIpc) is 2.47. The van der Waals surface area contributed by atoms with Crippen LogP contribution in [0.25, 0.3) is 0 Å². The number of benzene rings is 1. The zero-order valence-electron chi connectivity index (χ0n) is 12.0. The lowest BCUT2D eigenvalue weighted by Gasteiger charge is -2.25. The number of nitrogens with one attached hydrogen (secondary N) is 1. The van der Waals surface area contributed by atoms with Crippen LogP contribution in [-0.4, -0.2) is 37.8 Å². The van der Waals surface area contributed by atoms with Gasteiger partial charge in [-0.05, 0) is 38.4 Å². The molecule has 1 N–H and O–H groups in total. The van der Waals surface area contributed by atoms with Gasteiger partial charge in [0.15, 0.2) is 0 Å². The Morgan fingerprint density at radius 3 is 2.84 bits per heavy atom. The molecule has 2 rings (SSSR count). The van der Waals surface area contributed by atoms with Crippen LogP contribution in [0.3, 0.4) is 0 Å². The normalized spacial score (nSPS) is 19.8. The SMILES string of the molecule is CN(CCC1CCCCN1)COCc1ccccc1. The largest absolute Gasteiger partial charge is 0.361 e. The highest BCUT2D eigenvalue weighted by Gasteiger charge is 2.12. The monoisotopic (exact) mass is 262 g/mol. The fourth-order valence-electron chi connectivity index (χ4n) is 2.50. The zero-order chi connectivity index (χ0) is 13.3. The summed E-state index contributed by atoms with van der Waals surface area (Å²) < 4.78 is 5.73. The zero-order valence-corrected chi connectivity index (χ0v) is 12.0. The summed E-state index contributed by atoms with van der Waals surface area (Å²) in [4.78, 5) is 2.26. The van der Waals surface area contributed by atoms with E-state index in [0.717, 1.165) is 6.54 Å². The van der Waals surface area contributed by atoms with Crippen molar-refractivity contribution in [3.05, 3.63) is 35.9 Å². The number of nitrogens with zero attached hydrogens (tertiary/aromatic N) is 1. The van der Waals surface area contributed by atoms with Gasteiger partial charge in [-0.15, -0.1) is 0 Å². The van der Waals surface area contributed by atoms with Crippen LogP contribution in [0.15, 0.2) is 30.3 Å². The van der Waals surface area contributed by atoms with Gasteiger partial charge in [0.25, 0.3) is 0 Å². The molecule has 1 saturated heterocycles. The summed E-state index contributed by atoms with van der Waals surface area (Å²) in [6.45, 7) is 3.71. The Morgan fingerprint density at radius 1 is 1.26 bits per heavy atom. The number of rotatable bonds is 7. The lowest BCUT2D eigenvalue weighted by molar-refractivity contribution is 0.0303. The van der Waals surface area contributed by atoms with Gasteiger partial charge in [0.1, 0.15) is 0 Å². The molecular formula is C16H26N2O. The van der Waals surface area contributed by atoms with E-state index in [1.807, 2.05) is 6.07 Å². The molecule has 0 saturated carbocycles. The molecule has 1 atom stereocenters. The molecule has 19 heavy (non-hydrogen) atoms. The summed E-state index contributed by atoms with van der Waals surface area (Å²) in [6.07, 6.45) is 5.28. The van der Waals surface area contributed by atoms with Crippen molar-refractivity contribution >= 4 is 0 Å². The molecule has 3 heteroatoms. The molecule has 0 radical (unpaired) electrons. The maximum Gasteiger partial charge on any atom is 0.0992 e. The molecule has 1 aliphatic heterocycles. The first-order valence-electron chi connectivity index (χ1n) is 7.38. The standard InChI is InChI=1S/C16H26N2O/c1-18(12-10-16-9-5-6-11-17-16)14-19-13-15-7-3-2-4-8-15/h2-4,7-8,16-17H,5-6,9-14H2,1H3. The third kappa shape index (κ3) is 5.72. The topological polar surface area (TPSA) is 24.5 Å². The highest BCUT2D eigenvalue weighted by atomic mass is 16.5. The van der Waals surface area contributed by atoms with Crippen molar-refractivity contribution in [2.45, 2.75) is 38.3 Å². The van der Waals surface area contributed by atoms with Crippen LogP contribution >= 0.6 is 0 Å². The molecule has 1 aromatic carbocycles. The fraction of sp³-hybridized carbons (Fsp3) is 0.625.